The second-order valence-corrected chi connectivity index (χ2v) is 5.77. The predicted molar refractivity (Wildman–Crippen MR) is 86.8 cm³/mol. The first-order valence-corrected chi connectivity index (χ1v) is 7.43. The first kappa shape index (κ1) is 16.2. The second kappa shape index (κ2) is 6.74. The molecule has 22 heavy (non-hydrogen) atoms. The largest absolute Gasteiger partial charge is 0.360 e. The van der Waals surface area contributed by atoms with Crippen molar-refractivity contribution in [1.29, 1.82) is 0 Å². The Morgan fingerprint density at radius 1 is 1.32 bits per heavy atom. The zero-order valence-corrected chi connectivity index (χ0v) is 14.1. The SMILES string of the molecule is CC(=O)N(CC(=O)Nc1ccc(Br)c(C)c1)c1cc(C)on1. The fourth-order valence-electron chi connectivity index (χ4n) is 1.90. The molecule has 0 atom stereocenters. The summed E-state index contributed by atoms with van der Waals surface area (Å²) in [6.07, 6.45) is 0. The van der Waals surface area contributed by atoms with Crippen molar-refractivity contribution in [2.24, 2.45) is 0 Å². The maximum absolute atomic E-state index is 12.1. The van der Waals surface area contributed by atoms with Gasteiger partial charge in [0, 0.05) is 23.2 Å². The van der Waals surface area contributed by atoms with Crippen LogP contribution in [0, 0.1) is 13.8 Å². The summed E-state index contributed by atoms with van der Waals surface area (Å²) in [6, 6.07) is 7.10. The molecule has 0 aliphatic rings. The number of aryl methyl sites for hydroxylation is 2. The highest BCUT2D eigenvalue weighted by Gasteiger charge is 2.19. The van der Waals surface area contributed by atoms with Gasteiger partial charge in [-0.15, -0.1) is 0 Å². The van der Waals surface area contributed by atoms with Crippen LogP contribution in [0.1, 0.15) is 18.2 Å². The van der Waals surface area contributed by atoms with Crippen LogP contribution in [-0.4, -0.2) is 23.5 Å². The van der Waals surface area contributed by atoms with Crippen LogP contribution in [0.15, 0.2) is 33.3 Å². The van der Waals surface area contributed by atoms with Crippen LogP contribution >= 0.6 is 15.9 Å². The number of anilines is 2. The Kier molecular flexibility index (Phi) is 4.97. The van der Waals surface area contributed by atoms with Crippen molar-refractivity contribution in [2.45, 2.75) is 20.8 Å². The van der Waals surface area contributed by atoms with E-state index in [4.69, 9.17) is 4.52 Å². The van der Waals surface area contributed by atoms with Gasteiger partial charge in [-0.05, 0) is 37.6 Å². The number of hydrogen-bond acceptors (Lipinski definition) is 4. The maximum atomic E-state index is 12.1. The van der Waals surface area contributed by atoms with Crippen molar-refractivity contribution >= 4 is 39.2 Å². The predicted octanol–water partition coefficient (Wildman–Crippen LogP) is 3.05. The van der Waals surface area contributed by atoms with E-state index in [0.717, 1.165) is 10.0 Å². The molecule has 2 rings (SSSR count). The molecular formula is C15H16BrN3O3. The minimum atomic E-state index is -0.308. The normalized spacial score (nSPS) is 10.4. The first-order chi connectivity index (χ1) is 10.4. The average Bonchev–Trinajstić information content (AvgIpc) is 2.86. The molecule has 0 saturated carbocycles. The number of hydrogen-bond donors (Lipinski definition) is 1. The highest BCUT2D eigenvalue weighted by Crippen LogP contribution is 2.20. The van der Waals surface area contributed by atoms with E-state index in [1.807, 2.05) is 19.1 Å². The second-order valence-electron chi connectivity index (χ2n) is 4.91. The van der Waals surface area contributed by atoms with E-state index in [0.29, 0.717) is 17.3 Å². The van der Waals surface area contributed by atoms with E-state index in [2.05, 4.69) is 26.4 Å². The van der Waals surface area contributed by atoms with Crippen LogP contribution in [0.5, 0.6) is 0 Å². The Hall–Kier alpha value is -2.15. The zero-order valence-electron chi connectivity index (χ0n) is 12.5. The van der Waals surface area contributed by atoms with Crippen LogP contribution in [0.4, 0.5) is 11.5 Å². The summed E-state index contributed by atoms with van der Waals surface area (Å²) in [7, 11) is 0. The summed E-state index contributed by atoms with van der Waals surface area (Å²) in [6.45, 7) is 4.90. The Bertz CT molecular complexity index is 712. The van der Waals surface area contributed by atoms with Crippen molar-refractivity contribution in [3.05, 3.63) is 40.1 Å². The smallest absolute Gasteiger partial charge is 0.244 e. The first-order valence-electron chi connectivity index (χ1n) is 6.64. The van der Waals surface area contributed by atoms with Crippen molar-refractivity contribution in [1.82, 2.24) is 5.16 Å². The van der Waals surface area contributed by atoms with Gasteiger partial charge < -0.3 is 9.84 Å². The lowest BCUT2D eigenvalue weighted by atomic mass is 10.2. The third kappa shape index (κ3) is 3.94. The van der Waals surface area contributed by atoms with Crippen molar-refractivity contribution < 1.29 is 14.1 Å². The summed E-state index contributed by atoms with van der Waals surface area (Å²) in [5, 5.41) is 6.53. The van der Waals surface area contributed by atoms with E-state index >= 15 is 0 Å². The average molecular weight is 366 g/mol. The molecule has 1 heterocycles. The molecule has 1 aromatic carbocycles. The van der Waals surface area contributed by atoms with Gasteiger partial charge in [0.25, 0.3) is 0 Å². The van der Waals surface area contributed by atoms with E-state index in [9.17, 15) is 9.59 Å². The van der Waals surface area contributed by atoms with Crippen molar-refractivity contribution in [2.75, 3.05) is 16.8 Å². The molecule has 2 amide bonds. The minimum absolute atomic E-state index is 0.129. The third-order valence-electron chi connectivity index (χ3n) is 3.02. The van der Waals surface area contributed by atoms with Gasteiger partial charge in [-0.2, -0.15) is 0 Å². The molecule has 7 heteroatoms. The number of rotatable bonds is 4. The summed E-state index contributed by atoms with van der Waals surface area (Å²) in [5.74, 6) is 0.311. The van der Waals surface area contributed by atoms with Crippen LogP contribution in [0.3, 0.4) is 0 Å². The lowest BCUT2D eigenvalue weighted by Gasteiger charge is -2.17. The van der Waals surface area contributed by atoms with E-state index in [-0.39, 0.29) is 18.4 Å². The molecule has 2 aromatic rings. The Morgan fingerprint density at radius 3 is 2.59 bits per heavy atom. The summed E-state index contributed by atoms with van der Waals surface area (Å²) >= 11 is 3.40. The molecule has 1 aromatic heterocycles. The fraction of sp³-hybridized carbons (Fsp3) is 0.267. The third-order valence-corrected chi connectivity index (χ3v) is 3.91. The van der Waals surface area contributed by atoms with Crippen LogP contribution in [0.25, 0.3) is 0 Å². The quantitative estimate of drug-likeness (QED) is 0.903. The molecule has 0 fully saturated rings. The molecule has 6 nitrogen and oxygen atoms in total. The van der Waals surface area contributed by atoms with Gasteiger partial charge in [0.15, 0.2) is 5.82 Å². The molecule has 0 unspecified atom stereocenters. The molecule has 0 bridgehead atoms. The number of nitrogens with zero attached hydrogens (tertiary/aromatic N) is 2. The Balaban J connectivity index is 2.08. The number of carbonyl (C=O) groups is 2. The summed E-state index contributed by atoms with van der Waals surface area (Å²) in [4.78, 5) is 25.1. The Morgan fingerprint density at radius 2 is 2.05 bits per heavy atom. The van der Waals surface area contributed by atoms with Crippen LogP contribution in [-0.2, 0) is 9.59 Å². The lowest BCUT2D eigenvalue weighted by Crippen LogP contribution is -2.36. The summed E-state index contributed by atoms with van der Waals surface area (Å²) < 4.78 is 5.91. The lowest BCUT2D eigenvalue weighted by molar-refractivity contribution is -0.120. The molecule has 0 aliphatic carbocycles. The van der Waals surface area contributed by atoms with Gasteiger partial charge in [0.2, 0.25) is 11.8 Å². The number of nitrogens with one attached hydrogen (secondary N) is 1. The van der Waals surface area contributed by atoms with Gasteiger partial charge in [-0.3, -0.25) is 14.5 Å². The molecular weight excluding hydrogens is 350 g/mol. The van der Waals surface area contributed by atoms with Crippen LogP contribution in [0.2, 0.25) is 0 Å². The topological polar surface area (TPSA) is 75.4 Å². The Labute approximate surface area is 136 Å². The van der Waals surface area contributed by atoms with E-state index in [1.165, 1.54) is 11.8 Å². The van der Waals surface area contributed by atoms with Crippen molar-refractivity contribution in [3.8, 4) is 0 Å². The van der Waals surface area contributed by atoms with Gasteiger partial charge >= 0.3 is 0 Å². The van der Waals surface area contributed by atoms with Crippen LogP contribution < -0.4 is 10.2 Å². The standard InChI is InChI=1S/C15H16BrN3O3/c1-9-6-12(4-5-13(9)16)17-15(21)8-19(11(3)20)14-7-10(2)22-18-14/h4-7H,8H2,1-3H3,(H,17,21). The van der Waals surface area contributed by atoms with Gasteiger partial charge in [-0.25, -0.2) is 0 Å². The zero-order chi connectivity index (χ0) is 16.3. The molecule has 116 valence electrons. The van der Waals surface area contributed by atoms with E-state index < -0.39 is 0 Å². The fourth-order valence-corrected chi connectivity index (χ4v) is 2.15. The molecule has 0 radical (unpaired) electrons. The minimum Gasteiger partial charge on any atom is -0.360 e. The molecule has 0 aliphatic heterocycles. The number of halogens is 1. The highest BCUT2D eigenvalue weighted by molar-refractivity contribution is 9.10. The highest BCUT2D eigenvalue weighted by atomic mass is 79.9. The maximum Gasteiger partial charge on any atom is 0.244 e. The summed E-state index contributed by atoms with van der Waals surface area (Å²) in [5.41, 5.74) is 1.68. The number of benzene rings is 1. The van der Waals surface area contributed by atoms with E-state index in [1.54, 1.807) is 19.1 Å². The molecule has 0 spiro atoms. The number of aromatic nitrogens is 1. The number of carbonyl (C=O) groups excluding carboxylic acids is 2. The van der Waals surface area contributed by atoms with Gasteiger partial charge in [-0.1, -0.05) is 21.1 Å². The monoisotopic (exact) mass is 365 g/mol. The van der Waals surface area contributed by atoms with Crippen molar-refractivity contribution in [3.63, 3.8) is 0 Å². The van der Waals surface area contributed by atoms with Gasteiger partial charge in [0.1, 0.15) is 12.3 Å². The number of amides is 2. The van der Waals surface area contributed by atoms with Gasteiger partial charge in [0.05, 0.1) is 0 Å². The molecule has 1 N–H and O–H groups in total. The molecule has 0 saturated heterocycles.